The van der Waals surface area contributed by atoms with Gasteiger partial charge in [-0.2, -0.15) is 8.78 Å². The molecule has 0 spiro atoms. The lowest BCUT2D eigenvalue weighted by atomic mass is 10.2. The summed E-state index contributed by atoms with van der Waals surface area (Å²) in [5.41, 5.74) is 0.906. The van der Waals surface area contributed by atoms with Gasteiger partial charge in [0.15, 0.2) is 6.61 Å². The van der Waals surface area contributed by atoms with Gasteiger partial charge in [-0.3, -0.25) is 0 Å². The van der Waals surface area contributed by atoms with E-state index in [0.29, 0.717) is 11.3 Å². The third-order valence-electron chi connectivity index (χ3n) is 2.07. The Morgan fingerprint density at radius 2 is 2.06 bits per heavy atom. The van der Waals surface area contributed by atoms with Gasteiger partial charge in [-0.05, 0) is 18.6 Å². The minimum atomic E-state index is -4.20. The van der Waals surface area contributed by atoms with Crippen molar-refractivity contribution >= 4 is 0 Å². The van der Waals surface area contributed by atoms with E-state index in [0.717, 1.165) is 0 Å². The standard InChI is InChI=1S/C10H11F4NO2/c1-6-7(4-16)2-3-8(15-6)17-5-10(13,14)9(11)12/h2-3,9,16H,4-5H2,1H3. The molecule has 0 aliphatic rings. The van der Waals surface area contributed by atoms with Crippen molar-refractivity contribution in [2.75, 3.05) is 6.61 Å². The Labute approximate surface area is 95.0 Å². The second-order valence-corrected chi connectivity index (χ2v) is 3.40. The van der Waals surface area contributed by atoms with Crippen LogP contribution in [0.25, 0.3) is 0 Å². The molecule has 0 saturated carbocycles. The molecule has 1 aromatic rings. The van der Waals surface area contributed by atoms with Crippen LogP contribution in [0.2, 0.25) is 0 Å². The first kappa shape index (κ1) is 13.7. The Balaban J connectivity index is 2.67. The summed E-state index contributed by atoms with van der Waals surface area (Å²) in [6, 6.07) is 2.66. The molecule has 96 valence electrons. The molecule has 0 radical (unpaired) electrons. The molecule has 0 amide bonds. The maximum atomic E-state index is 12.5. The molecule has 0 aliphatic heterocycles. The van der Waals surface area contributed by atoms with E-state index in [2.05, 4.69) is 9.72 Å². The van der Waals surface area contributed by atoms with Crippen LogP contribution in [-0.4, -0.2) is 29.0 Å². The van der Waals surface area contributed by atoms with Crippen LogP contribution in [0.4, 0.5) is 17.6 Å². The number of hydrogen-bond donors (Lipinski definition) is 1. The Morgan fingerprint density at radius 3 is 2.53 bits per heavy atom. The van der Waals surface area contributed by atoms with Gasteiger partial charge in [0, 0.05) is 11.8 Å². The predicted molar refractivity (Wildman–Crippen MR) is 51.3 cm³/mol. The summed E-state index contributed by atoms with van der Waals surface area (Å²) in [4.78, 5) is 3.75. The van der Waals surface area contributed by atoms with E-state index >= 15 is 0 Å². The van der Waals surface area contributed by atoms with Crippen LogP contribution in [0.1, 0.15) is 11.3 Å². The van der Waals surface area contributed by atoms with Crippen LogP contribution in [0.5, 0.6) is 5.88 Å². The molecule has 7 heteroatoms. The van der Waals surface area contributed by atoms with Gasteiger partial charge in [0.25, 0.3) is 0 Å². The number of alkyl halides is 4. The fourth-order valence-electron chi connectivity index (χ4n) is 1.05. The number of hydrogen-bond acceptors (Lipinski definition) is 3. The third kappa shape index (κ3) is 3.55. The van der Waals surface area contributed by atoms with Gasteiger partial charge >= 0.3 is 12.3 Å². The first-order chi connectivity index (χ1) is 7.86. The number of aliphatic hydroxyl groups excluding tert-OH is 1. The summed E-state index contributed by atoms with van der Waals surface area (Å²) >= 11 is 0. The van der Waals surface area contributed by atoms with E-state index in [1.54, 1.807) is 6.92 Å². The Hall–Kier alpha value is -1.37. The van der Waals surface area contributed by atoms with Crippen LogP contribution in [0.3, 0.4) is 0 Å². The Kier molecular flexibility index (Phi) is 4.28. The third-order valence-corrected chi connectivity index (χ3v) is 2.07. The van der Waals surface area contributed by atoms with Gasteiger partial charge < -0.3 is 9.84 Å². The summed E-state index contributed by atoms with van der Waals surface area (Å²) < 4.78 is 53.2. The Morgan fingerprint density at radius 1 is 1.41 bits per heavy atom. The van der Waals surface area contributed by atoms with Crippen molar-refractivity contribution in [1.29, 1.82) is 0 Å². The maximum absolute atomic E-state index is 12.5. The fourth-order valence-corrected chi connectivity index (χ4v) is 1.05. The van der Waals surface area contributed by atoms with Crippen LogP contribution < -0.4 is 4.74 Å². The fraction of sp³-hybridized carbons (Fsp3) is 0.500. The highest BCUT2D eigenvalue weighted by atomic mass is 19.3. The number of nitrogens with zero attached hydrogens (tertiary/aromatic N) is 1. The van der Waals surface area contributed by atoms with Gasteiger partial charge in [0.2, 0.25) is 5.88 Å². The number of rotatable bonds is 5. The number of aryl methyl sites for hydroxylation is 1. The van der Waals surface area contributed by atoms with Gasteiger partial charge in [-0.25, -0.2) is 13.8 Å². The zero-order valence-electron chi connectivity index (χ0n) is 8.96. The first-order valence-electron chi connectivity index (χ1n) is 4.73. The van der Waals surface area contributed by atoms with Gasteiger partial charge in [-0.1, -0.05) is 0 Å². The normalized spacial score (nSPS) is 11.9. The highest BCUT2D eigenvalue weighted by Gasteiger charge is 2.41. The zero-order chi connectivity index (χ0) is 13.1. The molecule has 0 bridgehead atoms. The molecular formula is C10H11F4NO2. The first-order valence-corrected chi connectivity index (χ1v) is 4.73. The van der Waals surface area contributed by atoms with Crippen LogP contribution in [0.15, 0.2) is 12.1 Å². The van der Waals surface area contributed by atoms with E-state index < -0.39 is 19.0 Å². The topological polar surface area (TPSA) is 42.4 Å². The molecule has 1 aromatic heterocycles. The molecule has 0 aliphatic carbocycles. The molecule has 0 aromatic carbocycles. The minimum Gasteiger partial charge on any atom is -0.471 e. The molecule has 1 N–H and O–H groups in total. The summed E-state index contributed by atoms with van der Waals surface area (Å²) in [6.45, 7) is -0.133. The Bertz CT molecular complexity index is 385. The quantitative estimate of drug-likeness (QED) is 0.818. The molecule has 0 atom stereocenters. The summed E-state index contributed by atoms with van der Waals surface area (Å²) in [5, 5.41) is 8.84. The molecule has 1 heterocycles. The van der Waals surface area contributed by atoms with Crippen molar-refractivity contribution < 1.29 is 27.4 Å². The van der Waals surface area contributed by atoms with E-state index in [9.17, 15) is 17.6 Å². The summed E-state index contributed by atoms with van der Waals surface area (Å²) in [7, 11) is 0. The van der Waals surface area contributed by atoms with Gasteiger partial charge in [0.1, 0.15) is 0 Å². The van der Waals surface area contributed by atoms with Crippen LogP contribution in [0, 0.1) is 6.92 Å². The molecule has 0 fully saturated rings. The van der Waals surface area contributed by atoms with E-state index in [1.165, 1.54) is 12.1 Å². The number of halogens is 4. The van der Waals surface area contributed by atoms with Gasteiger partial charge in [0.05, 0.1) is 6.61 Å². The zero-order valence-corrected chi connectivity index (χ0v) is 8.96. The second-order valence-electron chi connectivity index (χ2n) is 3.40. The number of pyridine rings is 1. The number of ether oxygens (including phenoxy) is 1. The highest BCUT2D eigenvalue weighted by molar-refractivity contribution is 5.24. The molecule has 0 saturated heterocycles. The summed E-state index contributed by atoms with van der Waals surface area (Å²) in [5.74, 6) is -4.38. The highest BCUT2D eigenvalue weighted by Crippen LogP contribution is 2.24. The SMILES string of the molecule is Cc1nc(OCC(F)(F)C(F)F)ccc1CO. The molecule has 17 heavy (non-hydrogen) atoms. The molecule has 1 rings (SSSR count). The largest absolute Gasteiger partial charge is 0.471 e. The van der Waals surface area contributed by atoms with E-state index in [4.69, 9.17) is 5.11 Å². The van der Waals surface area contributed by atoms with Crippen molar-refractivity contribution in [3.63, 3.8) is 0 Å². The smallest absolute Gasteiger partial charge is 0.340 e. The average molecular weight is 253 g/mol. The monoisotopic (exact) mass is 253 g/mol. The minimum absolute atomic E-state index is 0.181. The van der Waals surface area contributed by atoms with Crippen molar-refractivity contribution in [3.05, 3.63) is 23.4 Å². The van der Waals surface area contributed by atoms with Crippen LogP contribution in [-0.2, 0) is 6.61 Å². The lowest BCUT2D eigenvalue weighted by Gasteiger charge is -2.15. The van der Waals surface area contributed by atoms with E-state index in [-0.39, 0.29) is 12.5 Å². The van der Waals surface area contributed by atoms with E-state index in [1.807, 2.05) is 0 Å². The van der Waals surface area contributed by atoms with Crippen molar-refractivity contribution in [2.24, 2.45) is 0 Å². The predicted octanol–water partition coefficient (Wildman–Crippen LogP) is 2.16. The average Bonchev–Trinajstić information content (AvgIpc) is 2.26. The summed E-state index contributed by atoms with van der Waals surface area (Å²) in [6.07, 6.45) is -3.78. The van der Waals surface area contributed by atoms with Crippen molar-refractivity contribution in [2.45, 2.75) is 25.9 Å². The van der Waals surface area contributed by atoms with Crippen molar-refractivity contribution in [1.82, 2.24) is 4.98 Å². The molecule has 0 unspecified atom stereocenters. The lowest BCUT2D eigenvalue weighted by molar-refractivity contribution is -0.148. The number of aromatic nitrogens is 1. The maximum Gasteiger partial charge on any atom is 0.340 e. The lowest BCUT2D eigenvalue weighted by Crippen LogP contribution is -2.33. The van der Waals surface area contributed by atoms with Gasteiger partial charge in [-0.15, -0.1) is 0 Å². The van der Waals surface area contributed by atoms with Crippen LogP contribution >= 0.6 is 0 Å². The molecule has 3 nitrogen and oxygen atoms in total. The molecular weight excluding hydrogens is 242 g/mol. The number of aliphatic hydroxyl groups is 1. The second kappa shape index (κ2) is 5.31. The van der Waals surface area contributed by atoms with Crippen molar-refractivity contribution in [3.8, 4) is 5.88 Å².